The fraction of sp³-hybridized carbons (Fsp3) is 0.500. The standard InChI is InChI=1S/C22H24FNO4/c1-4-27-20(25)17(23)12-16-19(22(16,2)3)21(26)28-18-9-8-14-13(10-11-24)6-5-7-15(14)18/h5-7,12,16,18-19H,4,8-10H2,1-3H3/t16-,18?,19-/m0/s1. The SMILES string of the molecule is CCOC(=O)C(F)=C[C@H]1[C@@H](C(=O)OC2CCc3c(CC#N)cccc32)C1(C)C. The van der Waals surface area contributed by atoms with E-state index in [1.807, 2.05) is 32.0 Å². The summed E-state index contributed by atoms with van der Waals surface area (Å²) in [5, 5.41) is 8.97. The highest BCUT2D eigenvalue weighted by Crippen LogP contribution is 2.60. The largest absolute Gasteiger partial charge is 0.461 e. The summed E-state index contributed by atoms with van der Waals surface area (Å²) < 4.78 is 24.4. The van der Waals surface area contributed by atoms with Gasteiger partial charge in [-0.2, -0.15) is 9.65 Å². The Bertz CT molecular complexity index is 868. The van der Waals surface area contributed by atoms with Crippen LogP contribution in [0, 0.1) is 28.6 Å². The lowest BCUT2D eigenvalue weighted by atomic mass is 10.0. The van der Waals surface area contributed by atoms with E-state index < -0.39 is 29.0 Å². The molecule has 2 aliphatic carbocycles. The smallest absolute Gasteiger partial charge is 0.366 e. The topological polar surface area (TPSA) is 76.4 Å². The monoisotopic (exact) mass is 385 g/mol. The van der Waals surface area contributed by atoms with Crippen LogP contribution < -0.4 is 0 Å². The Balaban J connectivity index is 1.70. The van der Waals surface area contributed by atoms with Crippen molar-refractivity contribution in [3.63, 3.8) is 0 Å². The van der Waals surface area contributed by atoms with Crippen molar-refractivity contribution in [2.75, 3.05) is 6.61 Å². The molecule has 0 saturated heterocycles. The first-order valence-electron chi connectivity index (χ1n) is 9.53. The third-order valence-electron chi connectivity index (χ3n) is 5.80. The molecule has 148 valence electrons. The van der Waals surface area contributed by atoms with Crippen LogP contribution in [0.1, 0.15) is 50.0 Å². The Kier molecular flexibility index (Phi) is 5.55. The van der Waals surface area contributed by atoms with Crippen molar-refractivity contribution in [2.24, 2.45) is 17.3 Å². The summed E-state index contributed by atoms with van der Waals surface area (Å²) in [6.07, 6.45) is 2.60. The Morgan fingerprint density at radius 1 is 1.39 bits per heavy atom. The number of rotatable bonds is 6. The van der Waals surface area contributed by atoms with Gasteiger partial charge in [0.15, 0.2) is 0 Å². The summed E-state index contributed by atoms with van der Waals surface area (Å²) in [7, 11) is 0. The molecule has 0 N–H and O–H groups in total. The van der Waals surface area contributed by atoms with Crippen LogP contribution >= 0.6 is 0 Å². The highest BCUT2D eigenvalue weighted by atomic mass is 19.1. The molecule has 3 rings (SSSR count). The summed E-state index contributed by atoms with van der Waals surface area (Å²) >= 11 is 0. The number of hydrogen-bond acceptors (Lipinski definition) is 5. The number of carbonyl (C=O) groups excluding carboxylic acids is 2. The van der Waals surface area contributed by atoms with Gasteiger partial charge >= 0.3 is 11.9 Å². The number of nitriles is 1. The van der Waals surface area contributed by atoms with Gasteiger partial charge in [0.25, 0.3) is 0 Å². The van der Waals surface area contributed by atoms with Crippen LogP contribution in [0.15, 0.2) is 30.1 Å². The maximum atomic E-state index is 14.0. The van der Waals surface area contributed by atoms with Crippen LogP contribution in [0.4, 0.5) is 4.39 Å². The van der Waals surface area contributed by atoms with E-state index in [2.05, 4.69) is 10.8 Å². The van der Waals surface area contributed by atoms with Gasteiger partial charge in [0.1, 0.15) is 6.10 Å². The van der Waals surface area contributed by atoms with Gasteiger partial charge in [-0.1, -0.05) is 32.0 Å². The van der Waals surface area contributed by atoms with Gasteiger partial charge in [0.2, 0.25) is 5.83 Å². The number of ether oxygens (including phenoxy) is 2. The van der Waals surface area contributed by atoms with Crippen molar-refractivity contribution < 1.29 is 23.5 Å². The molecule has 1 fully saturated rings. The second-order valence-corrected chi connectivity index (χ2v) is 7.84. The molecule has 1 unspecified atom stereocenters. The number of halogens is 1. The molecule has 0 aliphatic heterocycles. The number of benzene rings is 1. The highest BCUT2D eigenvalue weighted by molar-refractivity contribution is 5.87. The van der Waals surface area contributed by atoms with E-state index in [1.54, 1.807) is 6.92 Å². The molecule has 0 radical (unpaired) electrons. The molecule has 6 heteroatoms. The lowest BCUT2D eigenvalue weighted by Crippen LogP contribution is -2.14. The molecular weight excluding hydrogens is 361 g/mol. The minimum Gasteiger partial charge on any atom is -0.461 e. The third kappa shape index (κ3) is 3.66. The first-order valence-corrected chi connectivity index (χ1v) is 9.53. The van der Waals surface area contributed by atoms with E-state index in [1.165, 1.54) is 6.08 Å². The highest BCUT2D eigenvalue weighted by Gasteiger charge is 2.62. The van der Waals surface area contributed by atoms with Gasteiger partial charge in [-0.15, -0.1) is 0 Å². The molecule has 0 spiro atoms. The van der Waals surface area contributed by atoms with E-state index in [0.29, 0.717) is 12.8 Å². The molecule has 1 saturated carbocycles. The summed E-state index contributed by atoms with van der Waals surface area (Å²) in [6, 6.07) is 7.89. The van der Waals surface area contributed by atoms with E-state index in [4.69, 9.17) is 10.00 Å². The Hall–Kier alpha value is -2.68. The minimum absolute atomic E-state index is 0.0918. The molecule has 1 aromatic carbocycles. The number of allylic oxidation sites excluding steroid dienone is 1. The molecule has 2 aliphatic rings. The molecule has 0 amide bonds. The molecule has 0 aromatic heterocycles. The van der Waals surface area contributed by atoms with Crippen molar-refractivity contribution in [3.05, 3.63) is 46.8 Å². The maximum Gasteiger partial charge on any atom is 0.366 e. The molecule has 3 atom stereocenters. The zero-order valence-electron chi connectivity index (χ0n) is 16.3. The molecule has 1 aromatic rings. The normalized spacial score (nSPS) is 24.8. The number of fused-ring (bicyclic) bond motifs is 1. The maximum absolute atomic E-state index is 14.0. The quantitative estimate of drug-likeness (QED) is 0.547. The summed E-state index contributed by atoms with van der Waals surface area (Å²) in [5.74, 6) is -3.27. The van der Waals surface area contributed by atoms with Gasteiger partial charge in [0, 0.05) is 0 Å². The van der Waals surface area contributed by atoms with Crippen molar-refractivity contribution in [3.8, 4) is 6.07 Å². The van der Waals surface area contributed by atoms with Crippen molar-refractivity contribution in [1.29, 1.82) is 5.26 Å². The van der Waals surface area contributed by atoms with Gasteiger partial charge in [0.05, 0.1) is 25.0 Å². The predicted molar refractivity (Wildman–Crippen MR) is 99.5 cm³/mol. The van der Waals surface area contributed by atoms with Crippen LogP contribution in [0.25, 0.3) is 0 Å². The third-order valence-corrected chi connectivity index (χ3v) is 5.80. The van der Waals surface area contributed by atoms with E-state index in [-0.39, 0.29) is 18.7 Å². The van der Waals surface area contributed by atoms with Crippen molar-refractivity contribution >= 4 is 11.9 Å². The fourth-order valence-electron chi connectivity index (χ4n) is 4.14. The average Bonchev–Trinajstić information content (AvgIpc) is 2.98. The Labute approximate surface area is 164 Å². The molecular formula is C22H24FNO4. The van der Waals surface area contributed by atoms with Crippen LogP contribution in [-0.4, -0.2) is 18.5 Å². The van der Waals surface area contributed by atoms with Crippen LogP contribution in [-0.2, 0) is 31.9 Å². The fourth-order valence-corrected chi connectivity index (χ4v) is 4.14. The van der Waals surface area contributed by atoms with Crippen LogP contribution in [0.5, 0.6) is 0 Å². The van der Waals surface area contributed by atoms with Crippen LogP contribution in [0.3, 0.4) is 0 Å². The Morgan fingerprint density at radius 2 is 2.14 bits per heavy atom. The van der Waals surface area contributed by atoms with E-state index in [0.717, 1.165) is 23.1 Å². The van der Waals surface area contributed by atoms with Gasteiger partial charge < -0.3 is 9.47 Å². The predicted octanol–water partition coefficient (Wildman–Crippen LogP) is 3.97. The minimum atomic E-state index is -1.01. The number of nitrogens with zero attached hydrogens (tertiary/aromatic N) is 1. The van der Waals surface area contributed by atoms with E-state index >= 15 is 0 Å². The van der Waals surface area contributed by atoms with Gasteiger partial charge in [-0.3, -0.25) is 4.79 Å². The number of hydrogen-bond donors (Lipinski definition) is 0. The number of carbonyl (C=O) groups is 2. The molecule has 5 nitrogen and oxygen atoms in total. The average molecular weight is 385 g/mol. The van der Waals surface area contributed by atoms with Gasteiger partial charge in [-0.25, -0.2) is 4.79 Å². The van der Waals surface area contributed by atoms with Gasteiger partial charge in [-0.05, 0) is 53.9 Å². The zero-order valence-corrected chi connectivity index (χ0v) is 16.3. The summed E-state index contributed by atoms with van der Waals surface area (Å²) in [5.41, 5.74) is 2.53. The molecule has 0 heterocycles. The second-order valence-electron chi connectivity index (χ2n) is 7.84. The summed E-state index contributed by atoms with van der Waals surface area (Å²) in [6.45, 7) is 5.40. The Morgan fingerprint density at radius 3 is 2.82 bits per heavy atom. The zero-order chi connectivity index (χ0) is 20.5. The molecule has 0 bridgehead atoms. The first kappa shape index (κ1) is 20.1. The van der Waals surface area contributed by atoms with E-state index in [9.17, 15) is 14.0 Å². The molecule has 28 heavy (non-hydrogen) atoms. The lowest BCUT2D eigenvalue weighted by Gasteiger charge is -2.14. The lowest BCUT2D eigenvalue weighted by molar-refractivity contribution is -0.152. The second kappa shape index (κ2) is 7.75. The summed E-state index contributed by atoms with van der Waals surface area (Å²) in [4.78, 5) is 24.2. The van der Waals surface area contributed by atoms with Crippen molar-refractivity contribution in [2.45, 2.75) is 46.1 Å². The number of esters is 2. The van der Waals surface area contributed by atoms with Crippen LogP contribution in [0.2, 0.25) is 0 Å². The van der Waals surface area contributed by atoms with Crippen molar-refractivity contribution in [1.82, 2.24) is 0 Å². The first-order chi connectivity index (χ1) is 13.3.